The first-order valence-electron chi connectivity index (χ1n) is 9.39. The Morgan fingerprint density at radius 3 is 1.65 bits per heavy atom. The van der Waals surface area contributed by atoms with Crippen molar-refractivity contribution in [3.8, 4) is 0 Å². The Morgan fingerprint density at radius 2 is 1.22 bits per heavy atom. The quantitative estimate of drug-likeness (QED) is 0.281. The fourth-order valence-corrected chi connectivity index (χ4v) is 4.15. The van der Waals surface area contributed by atoms with Crippen molar-refractivity contribution in [3.05, 3.63) is 0 Å². The Kier molecular flexibility index (Phi) is 18.4. The summed E-state index contributed by atoms with van der Waals surface area (Å²) in [6.45, 7) is 16.2. The normalized spacial score (nSPS) is 11.7. The molecule has 0 heterocycles. The van der Waals surface area contributed by atoms with Crippen LogP contribution in [0.2, 0.25) is 6.04 Å². The van der Waals surface area contributed by atoms with Crippen LogP contribution in [0.3, 0.4) is 0 Å². The fourth-order valence-electron chi connectivity index (χ4n) is 2.21. The lowest BCUT2D eigenvalue weighted by molar-refractivity contribution is 0.0825. The Morgan fingerprint density at radius 1 is 0.696 bits per heavy atom. The lowest BCUT2D eigenvalue weighted by Crippen LogP contribution is -2.33. The first-order valence-corrected chi connectivity index (χ1v) is 11.1. The van der Waals surface area contributed by atoms with Crippen LogP contribution in [0, 0.1) is 0 Å². The second-order valence-corrected chi connectivity index (χ2v) is 7.65. The van der Waals surface area contributed by atoms with Crippen molar-refractivity contribution in [2.75, 3.05) is 59.3 Å². The maximum atomic E-state index is 5.92. The Labute approximate surface area is 145 Å². The molecule has 0 spiro atoms. The maximum Gasteiger partial charge on any atom is 0.321 e. The van der Waals surface area contributed by atoms with Crippen LogP contribution in [0.25, 0.3) is 0 Å². The predicted molar refractivity (Wildman–Crippen MR) is 98.5 cm³/mol. The molecule has 140 valence electrons. The number of nitrogens with zero attached hydrogens (tertiary/aromatic N) is 1. The zero-order valence-electron chi connectivity index (χ0n) is 15.8. The molecule has 0 saturated heterocycles. The van der Waals surface area contributed by atoms with Crippen LogP contribution in [-0.4, -0.2) is 73.5 Å². The highest BCUT2D eigenvalue weighted by molar-refractivity contribution is 6.44. The van der Waals surface area contributed by atoms with Crippen LogP contribution in [0.15, 0.2) is 0 Å². The lowest BCUT2D eigenvalue weighted by Gasteiger charge is -2.23. The minimum absolute atomic E-state index is 0.782. The summed E-state index contributed by atoms with van der Waals surface area (Å²) in [5.41, 5.74) is 0. The van der Waals surface area contributed by atoms with E-state index in [0.717, 1.165) is 84.6 Å². The van der Waals surface area contributed by atoms with Crippen LogP contribution in [0.5, 0.6) is 0 Å². The third kappa shape index (κ3) is 15.3. The topological polar surface area (TPSA) is 40.2 Å². The standard InChI is InChI=1S/C17H39NO4Si/c1-5-13-21-23(22-14-6-2)17-9-10-18(11-15-19-7-3)12-16-20-8-4/h23H,5-17H2,1-4H3. The molecule has 0 fully saturated rings. The largest absolute Gasteiger partial charge is 0.397 e. The summed E-state index contributed by atoms with van der Waals surface area (Å²) in [5, 5.41) is 0. The van der Waals surface area contributed by atoms with Gasteiger partial charge in [0.2, 0.25) is 0 Å². The first-order chi connectivity index (χ1) is 11.3. The number of rotatable bonds is 18. The molecule has 0 aromatic heterocycles. The van der Waals surface area contributed by atoms with E-state index in [1.54, 1.807) is 0 Å². The summed E-state index contributed by atoms with van der Waals surface area (Å²) in [6, 6.07) is 1.08. The molecule has 5 nitrogen and oxygen atoms in total. The SMILES string of the molecule is CCCO[SiH](CCCN(CCOCC)CCOCC)OCCC. The van der Waals surface area contributed by atoms with Crippen LogP contribution in [-0.2, 0) is 18.3 Å². The van der Waals surface area contributed by atoms with Gasteiger partial charge in [-0.05, 0) is 45.7 Å². The van der Waals surface area contributed by atoms with Crippen LogP contribution >= 0.6 is 0 Å². The van der Waals surface area contributed by atoms with Gasteiger partial charge in [-0.2, -0.15) is 0 Å². The molecule has 0 aliphatic carbocycles. The van der Waals surface area contributed by atoms with E-state index in [1.165, 1.54) is 0 Å². The van der Waals surface area contributed by atoms with Gasteiger partial charge in [-0.1, -0.05) is 13.8 Å². The lowest BCUT2D eigenvalue weighted by atomic mass is 10.4. The molecule has 0 aliphatic heterocycles. The highest BCUT2D eigenvalue weighted by atomic mass is 28.3. The van der Waals surface area contributed by atoms with E-state index < -0.39 is 9.28 Å². The highest BCUT2D eigenvalue weighted by Gasteiger charge is 2.14. The molecule has 0 bridgehead atoms. The fraction of sp³-hybridized carbons (Fsp3) is 1.00. The molecular weight excluding hydrogens is 310 g/mol. The zero-order valence-corrected chi connectivity index (χ0v) is 17.0. The molecule has 23 heavy (non-hydrogen) atoms. The van der Waals surface area contributed by atoms with E-state index in [9.17, 15) is 0 Å². The van der Waals surface area contributed by atoms with Crippen molar-refractivity contribution in [1.29, 1.82) is 0 Å². The van der Waals surface area contributed by atoms with Gasteiger partial charge in [-0.15, -0.1) is 0 Å². The second-order valence-electron chi connectivity index (χ2n) is 5.55. The third-order valence-electron chi connectivity index (χ3n) is 3.44. The van der Waals surface area contributed by atoms with Crippen molar-refractivity contribution in [1.82, 2.24) is 4.90 Å². The zero-order chi connectivity index (χ0) is 17.2. The van der Waals surface area contributed by atoms with Crippen molar-refractivity contribution in [3.63, 3.8) is 0 Å². The van der Waals surface area contributed by atoms with Crippen LogP contribution < -0.4 is 0 Å². The van der Waals surface area contributed by atoms with Gasteiger partial charge in [-0.25, -0.2) is 0 Å². The molecule has 0 aromatic carbocycles. The molecule has 0 rings (SSSR count). The predicted octanol–water partition coefficient (Wildman–Crippen LogP) is 2.83. The molecule has 0 saturated carbocycles. The minimum Gasteiger partial charge on any atom is -0.397 e. The Hall–Kier alpha value is 0.0169. The molecule has 0 amide bonds. The molecule has 0 unspecified atom stereocenters. The highest BCUT2D eigenvalue weighted by Crippen LogP contribution is 2.05. The van der Waals surface area contributed by atoms with Gasteiger partial charge < -0.3 is 18.3 Å². The number of ether oxygens (including phenoxy) is 2. The number of hydrogen-bond donors (Lipinski definition) is 0. The Balaban J connectivity index is 4.04. The van der Waals surface area contributed by atoms with Gasteiger partial charge >= 0.3 is 9.28 Å². The molecule has 6 heteroatoms. The van der Waals surface area contributed by atoms with Crippen LogP contribution in [0.1, 0.15) is 47.0 Å². The van der Waals surface area contributed by atoms with Gasteiger partial charge in [0.15, 0.2) is 0 Å². The van der Waals surface area contributed by atoms with Gasteiger partial charge in [-0.3, -0.25) is 4.90 Å². The summed E-state index contributed by atoms with van der Waals surface area (Å²) in [4.78, 5) is 2.43. The Bertz CT molecular complexity index is 217. The van der Waals surface area contributed by atoms with Crippen molar-refractivity contribution in [2.45, 2.75) is 53.0 Å². The van der Waals surface area contributed by atoms with Gasteiger partial charge in [0.25, 0.3) is 0 Å². The molecule has 0 N–H and O–H groups in total. The molecule has 0 atom stereocenters. The van der Waals surface area contributed by atoms with Crippen molar-refractivity contribution < 1.29 is 18.3 Å². The van der Waals surface area contributed by atoms with Gasteiger partial charge in [0.05, 0.1) is 13.2 Å². The number of hydrogen-bond acceptors (Lipinski definition) is 5. The molecule has 0 radical (unpaired) electrons. The van der Waals surface area contributed by atoms with E-state index in [-0.39, 0.29) is 0 Å². The molecular formula is C17H39NO4Si. The monoisotopic (exact) mass is 349 g/mol. The summed E-state index contributed by atoms with van der Waals surface area (Å²) in [5.74, 6) is 0. The smallest absolute Gasteiger partial charge is 0.321 e. The van der Waals surface area contributed by atoms with E-state index >= 15 is 0 Å². The van der Waals surface area contributed by atoms with E-state index in [0.29, 0.717) is 0 Å². The second kappa shape index (κ2) is 18.4. The maximum absolute atomic E-state index is 5.92. The third-order valence-corrected chi connectivity index (χ3v) is 5.54. The van der Waals surface area contributed by atoms with E-state index in [4.69, 9.17) is 18.3 Å². The molecule has 0 aromatic rings. The summed E-state index contributed by atoms with van der Waals surface area (Å²) in [7, 11) is -1.48. The van der Waals surface area contributed by atoms with E-state index in [2.05, 4.69) is 18.7 Å². The van der Waals surface area contributed by atoms with Crippen molar-refractivity contribution in [2.24, 2.45) is 0 Å². The van der Waals surface area contributed by atoms with Crippen molar-refractivity contribution >= 4 is 9.28 Å². The average molecular weight is 350 g/mol. The van der Waals surface area contributed by atoms with Gasteiger partial charge in [0.1, 0.15) is 0 Å². The summed E-state index contributed by atoms with van der Waals surface area (Å²) < 4.78 is 22.8. The van der Waals surface area contributed by atoms with E-state index in [1.807, 2.05) is 13.8 Å². The average Bonchev–Trinajstić information content (AvgIpc) is 2.56. The van der Waals surface area contributed by atoms with Gasteiger partial charge in [0, 0.05) is 39.5 Å². The molecule has 0 aliphatic rings. The summed E-state index contributed by atoms with van der Waals surface area (Å²) >= 11 is 0. The van der Waals surface area contributed by atoms with Crippen LogP contribution in [0.4, 0.5) is 0 Å². The minimum atomic E-state index is -1.48. The summed E-state index contributed by atoms with van der Waals surface area (Å²) in [6.07, 6.45) is 3.25. The first kappa shape index (κ1) is 23.0.